The van der Waals surface area contributed by atoms with E-state index < -0.39 is 0 Å². The second-order valence-electron chi connectivity index (χ2n) is 3.83. The first kappa shape index (κ1) is 10.0. The highest BCUT2D eigenvalue weighted by Gasteiger charge is 2.24. The van der Waals surface area contributed by atoms with E-state index in [1.54, 1.807) is 0 Å². The highest BCUT2D eigenvalue weighted by Crippen LogP contribution is 2.29. The predicted octanol–water partition coefficient (Wildman–Crippen LogP) is 3.38. The van der Waals surface area contributed by atoms with E-state index in [-0.39, 0.29) is 0 Å². The Hall–Kier alpha value is -0.0400. The Morgan fingerprint density at radius 3 is 2.58 bits per heavy atom. The first-order valence-electron chi connectivity index (χ1n) is 5.50. The minimum Gasteiger partial charge on any atom is -0.378 e. The molecule has 0 aliphatic heterocycles. The van der Waals surface area contributed by atoms with Crippen LogP contribution in [0.25, 0.3) is 0 Å². The van der Waals surface area contributed by atoms with Crippen molar-refractivity contribution < 1.29 is 4.74 Å². The second kappa shape index (κ2) is 5.58. The van der Waals surface area contributed by atoms with Crippen LogP contribution in [0.15, 0.2) is 0 Å². The molecule has 0 heterocycles. The van der Waals surface area contributed by atoms with Crippen molar-refractivity contribution in [3.8, 4) is 0 Å². The Balaban J connectivity index is 2.31. The standard InChI is InChI=1S/C11H22O/c1-3-7-10-8-5-6-9-11(10)12-4-2/h10-11H,3-9H2,1-2H3/t10-,11+/m0/s1. The fourth-order valence-corrected chi connectivity index (χ4v) is 2.31. The average molecular weight is 170 g/mol. The summed E-state index contributed by atoms with van der Waals surface area (Å²) >= 11 is 0. The highest BCUT2D eigenvalue weighted by atomic mass is 16.5. The lowest BCUT2D eigenvalue weighted by Crippen LogP contribution is -2.27. The molecule has 1 aliphatic carbocycles. The lowest BCUT2D eigenvalue weighted by Gasteiger charge is -2.31. The van der Waals surface area contributed by atoms with Gasteiger partial charge in [-0.3, -0.25) is 0 Å². The second-order valence-corrected chi connectivity index (χ2v) is 3.83. The number of rotatable bonds is 4. The van der Waals surface area contributed by atoms with Gasteiger partial charge in [-0.15, -0.1) is 0 Å². The van der Waals surface area contributed by atoms with Gasteiger partial charge in [0.15, 0.2) is 0 Å². The maximum Gasteiger partial charge on any atom is 0.0603 e. The van der Waals surface area contributed by atoms with E-state index in [2.05, 4.69) is 13.8 Å². The van der Waals surface area contributed by atoms with Crippen LogP contribution in [0.4, 0.5) is 0 Å². The van der Waals surface area contributed by atoms with Gasteiger partial charge in [0.25, 0.3) is 0 Å². The third-order valence-electron chi connectivity index (χ3n) is 2.88. The minimum atomic E-state index is 0.587. The molecule has 1 nitrogen and oxygen atoms in total. The molecule has 2 atom stereocenters. The van der Waals surface area contributed by atoms with Crippen LogP contribution < -0.4 is 0 Å². The maximum absolute atomic E-state index is 5.75. The number of ether oxygens (including phenoxy) is 1. The molecule has 1 saturated carbocycles. The van der Waals surface area contributed by atoms with E-state index in [0.29, 0.717) is 6.10 Å². The molecule has 1 aliphatic rings. The number of hydrogen-bond donors (Lipinski definition) is 0. The third-order valence-corrected chi connectivity index (χ3v) is 2.88. The molecule has 0 aromatic rings. The van der Waals surface area contributed by atoms with Crippen LogP contribution >= 0.6 is 0 Å². The van der Waals surface area contributed by atoms with Crippen LogP contribution in [0.1, 0.15) is 52.4 Å². The van der Waals surface area contributed by atoms with Crippen LogP contribution in [0, 0.1) is 5.92 Å². The zero-order chi connectivity index (χ0) is 8.81. The molecule has 0 bridgehead atoms. The summed E-state index contributed by atoms with van der Waals surface area (Å²) < 4.78 is 5.75. The van der Waals surface area contributed by atoms with Gasteiger partial charge < -0.3 is 4.74 Å². The van der Waals surface area contributed by atoms with Crippen LogP contribution in [0.5, 0.6) is 0 Å². The normalized spacial score (nSPS) is 30.5. The molecule has 0 aromatic carbocycles. The van der Waals surface area contributed by atoms with E-state index in [1.807, 2.05) is 0 Å². The maximum atomic E-state index is 5.75. The van der Waals surface area contributed by atoms with Gasteiger partial charge in [0.05, 0.1) is 6.10 Å². The fourth-order valence-electron chi connectivity index (χ4n) is 2.31. The smallest absolute Gasteiger partial charge is 0.0603 e. The van der Waals surface area contributed by atoms with Crippen molar-refractivity contribution in [3.63, 3.8) is 0 Å². The largest absolute Gasteiger partial charge is 0.378 e. The van der Waals surface area contributed by atoms with Crippen molar-refractivity contribution in [2.75, 3.05) is 6.61 Å². The van der Waals surface area contributed by atoms with Crippen molar-refractivity contribution in [2.45, 2.75) is 58.5 Å². The average Bonchev–Trinajstić information content (AvgIpc) is 2.09. The quantitative estimate of drug-likeness (QED) is 0.628. The van der Waals surface area contributed by atoms with Gasteiger partial charge in [-0.1, -0.05) is 26.2 Å². The molecule has 1 heteroatoms. The summed E-state index contributed by atoms with van der Waals surface area (Å²) in [6.07, 6.45) is 8.78. The first-order valence-corrected chi connectivity index (χ1v) is 5.50. The van der Waals surface area contributed by atoms with E-state index in [1.165, 1.54) is 38.5 Å². The third kappa shape index (κ3) is 2.78. The number of hydrogen-bond acceptors (Lipinski definition) is 1. The first-order chi connectivity index (χ1) is 5.88. The van der Waals surface area contributed by atoms with Gasteiger partial charge in [-0.05, 0) is 32.1 Å². The summed E-state index contributed by atoms with van der Waals surface area (Å²) in [5.74, 6) is 0.865. The van der Waals surface area contributed by atoms with Crippen LogP contribution in [0.3, 0.4) is 0 Å². The molecule has 0 saturated heterocycles. The summed E-state index contributed by atoms with van der Waals surface area (Å²) in [6.45, 7) is 5.28. The lowest BCUT2D eigenvalue weighted by atomic mass is 9.83. The Bertz CT molecular complexity index is 93.6. The van der Waals surface area contributed by atoms with E-state index >= 15 is 0 Å². The van der Waals surface area contributed by atoms with E-state index in [4.69, 9.17) is 4.74 Å². The molecule has 0 radical (unpaired) electrons. The van der Waals surface area contributed by atoms with Gasteiger partial charge in [0, 0.05) is 6.61 Å². The van der Waals surface area contributed by atoms with Gasteiger partial charge >= 0.3 is 0 Å². The molecule has 0 N–H and O–H groups in total. The summed E-state index contributed by atoms with van der Waals surface area (Å²) in [5.41, 5.74) is 0. The minimum absolute atomic E-state index is 0.587. The summed E-state index contributed by atoms with van der Waals surface area (Å²) in [4.78, 5) is 0. The van der Waals surface area contributed by atoms with Crippen LogP contribution in [-0.4, -0.2) is 12.7 Å². The van der Waals surface area contributed by atoms with Crippen molar-refractivity contribution in [3.05, 3.63) is 0 Å². The molecular weight excluding hydrogens is 148 g/mol. The van der Waals surface area contributed by atoms with Crippen molar-refractivity contribution in [1.82, 2.24) is 0 Å². The summed E-state index contributed by atoms with van der Waals surface area (Å²) in [7, 11) is 0. The molecule has 0 amide bonds. The zero-order valence-electron chi connectivity index (χ0n) is 8.51. The van der Waals surface area contributed by atoms with Crippen molar-refractivity contribution in [1.29, 1.82) is 0 Å². The van der Waals surface area contributed by atoms with Crippen molar-refractivity contribution in [2.24, 2.45) is 5.92 Å². The van der Waals surface area contributed by atoms with Gasteiger partial charge in [-0.2, -0.15) is 0 Å². The predicted molar refractivity (Wildman–Crippen MR) is 52.3 cm³/mol. The van der Waals surface area contributed by atoms with Crippen LogP contribution in [0.2, 0.25) is 0 Å². The molecule has 0 unspecified atom stereocenters. The summed E-state index contributed by atoms with van der Waals surface area (Å²) in [5, 5.41) is 0. The van der Waals surface area contributed by atoms with Gasteiger partial charge in [0.1, 0.15) is 0 Å². The Morgan fingerprint density at radius 2 is 1.92 bits per heavy atom. The molecule has 1 rings (SSSR count). The Morgan fingerprint density at radius 1 is 1.17 bits per heavy atom. The van der Waals surface area contributed by atoms with Crippen molar-refractivity contribution >= 4 is 0 Å². The van der Waals surface area contributed by atoms with Gasteiger partial charge in [-0.25, -0.2) is 0 Å². The fraction of sp³-hybridized carbons (Fsp3) is 1.00. The molecule has 72 valence electrons. The van der Waals surface area contributed by atoms with Gasteiger partial charge in [0.2, 0.25) is 0 Å². The molecule has 0 spiro atoms. The van der Waals surface area contributed by atoms with E-state index in [0.717, 1.165) is 12.5 Å². The topological polar surface area (TPSA) is 9.23 Å². The highest BCUT2D eigenvalue weighted by molar-refractivity contribution is 4.75. The van der Waals surface area contributed by atoms with E-state index in [9.17, 15) is 0 Å². The molecule has 1 fully saturated rings. The Kier molecular flexibility index (Phi) is 4.67. The molecule has 0 aromatic heterocycles. The lowest BCUT2D eigenvalue weighted by molar-refractivity contribution is -0.00709. The van der Waals surface area contributed by atoms with Crippen LogP contribution in [-0.2, 0) is 4.74 Å². The Labute approximate surface area is 76.5 Å². The monoisotopic (exact) mass is 170 g/mol. The summed E-state index contributed by atoms with van der Waals surface area (Å²) in [6, 6.07) is 0. The molecule has 12 heavy (non-hydrogen) atoms. The molecular formula is C11H22O. The SMILES string of the molecule is CCC[C@H]1CCCC[C@H]1OCC. The zero-order valence-corrected chi connectivity index (χ0v) is 8.51.